The van der Waals surface area contributed by atoms with E-state index in [9.17, 15) is 23.5 Å². The van der Waals surface area contributed by atoms with Crippen molar-refractivity contribution in [2.24, 2.45) is 0 Å². The van der Waals surface area contributed by atoms with E-state index in [0.29, 0.717) is 33.4 Å². The smallest absolute Gasteiger partial charge is 0.323 e. The molecule has 0 aliphatic rings. The minimum atomic E-state index is -1.04. The summed E-state index contributed by atoms with van der Waals surface area (Å²) in [5.41, 5.74) is 2.08. The van der Waals surface area contributed by atoms with E-state index in [1.54, 1.807) is 17.6 Å². The number of halogens is 3. The van der Waals surface area contributed by atoms with Gasteiger partial charge in [0.15, 0.2) is 0 Å². The molecule has 9 heteroatoms. The molecule has 0 radical (unpaired) electrons. The number of carboxylic acids is 1. The van der Waals surface area contributed by atoms with E-state index < -0.39 is 23.2 Å². The summed E-state index contributed by atoms with van der Waals surface area (Å²) in [4.78, 5) is 23.7. The molecule has 2 heterocycles. The van der Waals surface area contributed by atoms with Gasteiger partial charge in [0.2, 0.25) is 0 Å². The summed E-state index contributed by atoms with van der Waals surface area (Å²) in [5.74, 6) is -2.13. The average molecular weight is 444 g/mol. The number of aliphatic carboxylic acids is 1. The van der Waals surface area contributed by atoms with Gasteiger partial charge in [-0.2, -0.15) is 5.10 Å². The lowest BCUT2D eigenvalue weighted by Crippen LogP contribution is -2.23. The average Bonchev–Trinajstić information content (AvgIpc) is 2.97. The Bertz CT molecular complexity index is 1400. The molecule has 0 unspecified atom stereocenters. The maximum absolute atomic E-state index is 14.0. The predicted molar refractivity (Wildman–Crippen MR) is 112 cm³/mol. The van der Waals surface area contributed by atoms with Crippen LogP contribution < -0.4 is 5.56 Å². The molecular weight excluding hydrogens is 428 g/mol. The van der Waals surface area contributed by atoms with Gasteiger partial charge >= 0.3 is 5.97 Å². The minimum absolute atomic E-state index is 0.00192. The lowest BCUT2D eigenvalue weighted by Gasteiger charge is -2.09. The number of rotatable bonds is 5. The number of hydrogen-bond acceptors (Lipinski definition) is 3. The monoisotopic (exact) mass is 443 g/mol. The van der Waals surface area contributed by atoms with Gasteiger partial charge in [0.05, 0.1) is 17.3 Å². The van der Waals surface area contributed by atoms with Crippen LogP contribution in [0.15, 0.2) is 53.3 Å². The molecule has 0 bridgehead atoms. The molecule has 158 valence electrons. The van der Waals surface area contributed by atoms with Gasteiger partial charge in [-0.15, -0.1) is 0 Å². The fraction of sp³-hybridized carbons (Fsp3) is 0.136. The van der Waals surface area contributed by atoms with Crippen molar-refractivity contribution in [1.29, 1.82) is 0 Å². The molecule has 0 atom stereocenters. The highest BCUT2D eigenvalue weighted by Crippen LogP contribution is 2.34. The zero-order valence-electron chi connectivity index (χ0n) is 16.3. The van der Waals surface area contributed by atoms with Crippen LogP contribution in [0.2, 0.25) is 5.02 Å². The maximum Gasteiger partial charge on any atom is 0.323 e. The third kappa shape index (κ3) is 3.94. The first kappa shape index (κ1) is 20.7. The van der Waals surface area contributed by atoms with E-state index in [1.165, 1.54) is 42.5 Å². The lowest BCUT2D eigenvalue weighted by atomic mass is 10.1. The Hall–Kier alpha value is -3.52. The molecule has 4 rings (SSSR count). The minimum Gasteiger partial charge on any atom is -0.480 e. The van der Waals surface area contributed by atoms with Crippen molar-refractivity contribution in [3.8, 4) is 11.3 Å². The van der Waals surface area contributed by atoms with Crippen molar-refractivity contribution in [2.75, 3.05) is 0 Å². The summed E-state index contributed by atoms with van der Waals surface area (Å²) in [5, 5.41) is 14.1. The lowest BCUT2D eigenvalue weighted by molar-refractivity contribution is -0.137. The van der Waals surface area contributed by atoms with Crippen LogP contribution in [-0.2, 0) is 17.9 Å². The molecule has 0 fully saturated rings. The van der Waals surface area contributed by atoms with E-state index in [4.69, 9.17) is 11.6 Å². The molecule has 6 nitrogen and oxygen atoms in total. The Morgan fingerprint density at radius 2 is 1.90 bits per heavy atom. The van der Waals surface area contributed by atoms with Crippen molar-refractivity contribution < 1.29 is 18.7 Å². The van der Waals surface area contributed by atoms with Crippen molar-refractivity contribution >= 4 is 28.5 Å². The highest BCUT2D eigenvalue weighted by atomic mass is 35.5. The summed E-state index contributed by atoms with van der Waals surface area (Å²) in [6.45, 7) is 1.40. The number of benzene rings is 2. The zero-order chi connectivity index (χ0) is 22.3. The molecule has 31 heavy (non-hydrogen) atoms. The van der Waals surface area contributed by atoms with Crippen LogP contribution in [0.25, 0.3) is 22.2 Å². The Labute approximate surface area is 179 Å². The number of fused-ring (bicyclic) bond motifs is 1. The highest BCUT2D eigenvalue weighted by Gasteiger charge is 2.19. The predicted octanol–water partition coefficient (Wildman–Crippen LogP) is 4.24. The number of carbonyl (C=O) groups is 1. The van der Waals surface area contributed by atoms with Crippen molar-refractivity contribution in [2.45, 2.75) is 20.0 Å². The number of hydrogen-bond donors (Lipinski definition) is 1. The first-order chi connectivity index (χ1) is 14.7. The first-order valence-corrected chi connectivity index (χ1v) is 9.65. The topological polar surface area (TPSA) is 77.1 Å². The van der Waals surface area contributed by atoms with Crippen LogP contribution in [0.4, 0.5) is 8.78 Å². The van der Waals surface area contributed by atoms with Gasteiger partial charge in [0, 0.05) is 28.2 Å². The molecule has 1 N–H and O–H groups in total. The number of nitrogens with zero attached hydrogens (tertiary/aromatic N) is 3. The largest absolute Gasteiger partial charge is 0.480 e. The SMILES string of the molecule is Cc1c(-c2ccc(=O)n(Cc3ccc(Cl)c(F)c3)n2)c2cc(F)ccc2n1CC(=O)O. The fourth-order valence-corrected chi connectivity index (χ4v) is 3.74. The Balaban J connectivity index is 1.86. The molecule has 0 saturated carbocycles. The maximum atomic E-state index is 14.0. The normalized spacial score (nSPS) is 11.2. The molecule has 4 aromatic rings. The Kier molecular flexibility index (Phi) is 5.32. The summed E-state index contributed by atoms with van der Waals surface area (Å²) < 4.78 is 30.5. The van der Waals surface area contributed by atoms with E-state index in [2.05, 4.69) is 5.10 Å². The second-order valence-corrected chi connectivity index (χ2v) is 7.47. The fourth-order valence-electron chi connectivity index (χ4n) is 3.62. The van der Waals surface area contributed by atoms with Crippen LogP contribution >= 0.6 is 11.6 Å². The number of aromatic nitrogens is 3. The second-order valence-electron chi connectivity index (χ2n) is 7.06. The third-order valence-electron chi connectivity index (χ3n) is 5.02. The van der Waals surface area contributed by atoms with Crippen LogP contribution in [-0.4, -0.2) is 25.4 Å². The van der Waals surface area contributed by atoms with Crippen LogP contribution in [0.5, 0.6) is 0 Å². The van der Waals surface area contributed by atoms with Gasteiger partial charge in [0.25, 0.3) is 5.56 Å². The summed E-state index contributed by atoms with van der Waals surface area (Å²) in [6, 6.07) is 11.1. The molecule has 0 aliphatic carbocycles. The molecule has 0 amide bonds. The first-order valence-electron chi connectivity index (χ1n) is 9.27. The van der Waals surface area contributed by atoms with Gasteiger partial charge in [0.1, 0.15) is 18.2 Å². The molecule has 0 saturated heterocycles. The molecular formula is C22H16ClF2N3O3. The summed E-state index contributed by atoms with van der Waals surface area (Å²) in [6.07, 6.45) is 0. The quantitative estimate of drug-likeness (QED) is 0.500. The van der Waals surface area contributed by atoms with Gasteiger partial charge in [-0.3, -0.25) is 9.59 Å². The second kappa shape index (κ2) is 7.96. The van der Waals surface area contributed by atoms with E-state index >= 15 is 0 Å². The molecule has 2 aromatic carbocycles. The Morgan fingerprint density at radius 3 is 2.61 bits per heavy atom. The molecule has 0 spiro atoms. The highest BCUT2D eigenvalue weighted by molar-refractivity contribution is 6.30. The van der Waals surface area contributed by atoms with Crippen LogP contribution in [0.1, 0.15) is 11.3 Å². The molecule has 2 aromatic heterocycles. The third-order valence-corrected chi connectivity index (χ3v) is 5.32. The van der Waals surface area contributed by atoms with Gasteiger partial charge in [-0.1, -0.05) is 17.7 Å². The zero-order valence-corrected chi connectivity index (χ0v) is 17.0. The van der Waals surface area contributed by atoms with Gasteiger partial charge in [-0.25, -0.2) is 13.5 Å². The van der Waals surface area contributed by atoms with Gasteiger partial charge < -0.3 is 9.67 Å². The van der Waals surface area contributed by atoms with E-state index in [1.807, 2.05) is 0 Å². The Morgan fingerprint density at radius 1 is 1.13 bits per heavy atom. The van der Waals surface area contributed by atoms with E-state index in [-0.39, 0.29) is 18.1 Å². The van der Waals surface area contributed by atoms with Crippen LogP contribution in [0, 0.1) is 18.6 Å². The van der Waals surface area contributed by atoms with Crippen molar-refractivity contribution in [3.63, 3.8) is 0 Å². The summed E-state index contributed by atoms with van der Waals surface area (Å²) >= 11 is 5.71. The molecule has 0 aliphatic heterocycles. The van der Waals surface area contributed by atoms with E-state index in [0.717, 1.165) is 4.68 Å². The van der Waals surface area contributed by atoms with Crippen molar-refractivity contribution in [1.82, 2.24) is 14.3 Å². The standard InChI is InChI=1S/C22H16ClF2N3O3/c1-12-22(15-9-14(24)3-6-19(15)27(12)11-21(30)31)18-5-7-20(29)28(26-18)10-13-2-4-16(23)17(25)8-13/h2-9H,10-11H2,1H3,(H,30,31). The number of carboxylic acid groups (broad SMARTS) is 1. The van der Waals surface area contributed by atoms with Gasteiger partial charge in [-0.05, 0) is 48.9 Å². The van der Waals surface area contributed by atoms with Crippen LogP contribution in [0.3, 0.4) is 0 Å². The van der Waals surface area contributed by atoms with Crippen molar-refractivity contribution in [3.05, 3.63) is 86.8 Å². The summed E-state index contributed by atoms with van der Waals surface area (Å²) in [7, 11) is 0.